The Kier molecular flexibility index (Phi) is 2.61. The van der Waals surface area contributed by atoms with Crippen LogP contribution in [-0.4, -0.2) is 18.2 Å². The molecule has 0 bridgehead atoms. The fourth-order valence-electron chi connectivity index (χ4n) is 1.76. The van der Waals surface area contributed by atoms with E-state index in [0.29, 0.717) is 0 Å². The molecule has 2 unspecified atom stereocenters. The van der Waals surface area contributed by atoms with Crippen molar-refractivity contribution < 1.29 is 9.15 Å². The minimum atomic E-state index is 0.108. The lowest BCUT2D eigenvalue weighted by Crippen LogP contribution is -2.47. The molecule has 0 spiro atoms. The largest absolute Gasteiger partial charge is 0.472 e. The van der Waals surface area contributed by atoms with Crippen LogP contribution < -0.4 is 5.32 Å². The van der Waals surface area contributed by atoms with Crippen LogP contribution in [-0.2, 0) is 11.3 Å². The summed E-state index contributed by atoms with van der Waals surface area (Å²) in [5, 5.41) is 3.53. The van der Waals surface area contributed by atoms with Gasteiger partial charge < -0.3 is 14.5 Å². The minimum absolute atomic E-state index is 0.108. The molecule has 1 aromatic heterocycles. The van der Waals surface area contributed by atoms with E-state index in [0.717, 1.165) is 19.6 Å². The summed E-state index contributed by atoms with van der Waals surface area (Å²) in [5.74, 6) is 0. The van der Waals surface area contributed by atoms with Crippen LogP contribution in [0.2, 0.25) is 0 Å². The minimum Gasteiger partial charge on any atom is -0.472 e. The fourth-order valence-corrected chi connectivity index (χ4v) is 1.76. The molecule has 1 aliphatic rings. The number of hydrogen-bond donors (Lipinski definition) is 1. The first-order valence-electron chi connectivity index (χ1n) is 5.08. The third kappa shape index (κ3) is 1.83. The van der Waals surface area contributed by atoms with Crippen molar-refractivity contribution in [3.8, 4) is 0 Å². The Morgan fingerprint density at radius 3 is 3.07 bits per heavy atom. The molecule has 2 atom stereocenters. The van der Waals surface area contributed by atoms with E-state index < -0.39 is 0 Å². The Morgan fingerprint density at radius 2 is 2.50 bits per heavy atom. The smallest absolute Gasteiger partial charge is 0.0947 e. The molecule has 0 saturated carbocycles. The van der Waals surface area contributed by atoms with Gasteiger partial charge in [0.15, 0.2) is 0 Å². The SMILES string of the molecule is CC1OCCC1(C)NCc1ccoc1. The number of furan rings is 1. The zero-order valence-corrected chi connectivity index (χ0v) is 8.75. The van der Waals surface area contributed by atoms with Crippen molar-refractivity contribution in [2.75, 3.05) is 6.61 Å². The molecule has 3 nitrogen and oxygen atoms in total. The van der Waals surface area contributed by atoms with Gasteiger partial charge in [0.2, 0.25) is 0 Å². The Bertz CT molecular complexity index is 283. The van der Waals surface area contributed by atoms with Crippen LogP contribution in [0, 0.1) is 0 Å². The molecule has 0 aromatic carbocycles. The Labute approximate surface area is 84.4 Å². The van der Waals surface area contributed by atoms with E-state index in [9.17, 15) is 0 Å². The van der Waals surface area contributed by atoms with E-state index in [2.05, 4.69) is 19.2 Å². The molecule has 1 aromatic rings. The third-order valence-corrected chi connectivity index (χ3v) is 3.16. The summed E-state index contributed by atoms with van der Waals surface area (Å²) in [5.41, 5.74) is 1.29. The standard InChI is InChI=1S/C11H17NO2/c1-9-11(2,4-6-14-9)12-7-10-3-5-13-8-10/h3,5,8-9,12H,4,6-7H2,1-2H3. The lowest BCUT2D eigenvalue weighted by atomic mass is 9.94. The van der Waals surface area contributed by atoms with Gasteiger partial charge in [-0.1, -0.05) is 0 Å². The summed E-state index contributed by atoms with van der Waals surface area (Å²) in [6.07, 6.45) is 4.84. The second-order valence-electron chi connectivity index (χ2n) is 4.17. The predicted octanol–water partition coefficient (Wildman–Crippen LogP) is 1.94. The van der Waals surface area contributed by atoms with Crippen molar-refractivity contribution in [1.29, 1.82) is 0 Å². The molecule has 2 heterocycles. The predicted molar refractivity (Wildman–Crippen MR) is 54.0 cm³/mol. The highest BCUT2D eigenvalue weighted by Gasteiger charge is 2.36. The average molecular weight is 195 g/mol. The van der Waals surface area contributed by atoms with Crippen LogP contribution in [0.4, 0.5) is 0 Å². The molecule has 78 valence electrons. The number of rotatable bonds is 3. The summed E-state index contributed by atoms with van der Waals surface area (Å²) >= 11 is 0. The lowest BCUT2D eigenvalue weighted by Gasteiger charge is -2.28. The van der Waals surface area contributed by atoms with Crippen molar-refractivity contribution in [3.05, 3.63) is 24.2 Å². The highest BCUT2D eigenvalue weighted by atomic mass is 16.5. The molecule has 2 rings (SSSR count). The van der Waals surface area contributed by atoms with E-state index in [-0.39, 0.29) is 11.6 Å². The molecule has 1 aliphatic heterocycles. The van der Waals surface area contributed by atoms with Crippen molar-refractivity contribution in [2.45, 2.75) is 38.5 Å². The maximum absolute atomic E-state index is 5.55. The van der Waals surface area contributed by atoms with Crippen LogP contribution in [0.15, 0.2) is 23.0 Å². The first-order chi connectivity index (χ1) is 6.71. The molecule has 3 heteroatoms. The van der Waals surface area contributed by atoms with Crippen LogP contribution in [0.3, 0.4) is 0 Å². The fraction of sp³-hybridized carbons (Fsp3) is 0.636. The third-order valence-electron chi connectivity index (χ3n) is 3.16. The molecular formula is C11H17NO2. The van der Waals surface area contributed by atoms with Crippen LogP contribution in [0.1, 0.15) is 25.8 Å². The Balaban J connectivity index is 1.91. The quantitative estimate of drug-likeness (QED) is 0.800. The van der Waals surface area contributed by atoms with Crippen LogP contribution in [0.25, 0.3) is 0 Å². The van der Waals surface area contributed by atoms with Crippen molar-refractivity contribution >= 4 is 0 Å². The molecule has 0 aliphatic carbocycles. The monoisotopic (exact) mass is 195 g/mol. The van der Waals surface area contributed by atoms with Gasteiger partial charge in [-0.05, 0) is 26.3 Å². The summed E-state index contributed by atoms with van der Waals surface area (Å²) < 4.78 is 10.6. The van der Waals surface area contributed by atoms with Gasteiger partial charge in [0, 0.05) is 24.3 Å². The summed E-state index contributed by atoms with van der Waals surface area (Å²) in [6.45, 7) is 6.04. The molecule has 0 radical (unpaired) electrons. The first-order valence-corrected chi connectivity index (χ1v) is 5.08. The van der Waals surface area contributed by atoms with Gasteiger partial charge in [0.1, 0.15) is 0 Å². The van der Waals surface area contributed by atoms with Crippen molar-refractivity contribution in [3.63, 3.8) is 0 Å². The topological polar surface area (TPSA) is 34.4 Å². The van der Waals surface area contributed by atoms with E-state index >= 15 is 0 Å². The molecule has 14 heavy (non-hydrogen) atoms. The van der Waals surface area contributed by atoms with Gasteiger partial charge in [0.25, 0.3) is 0 Å². The van der Waals surface area contributed by atoms with Crippen LogP contribution >= 0.6 is 0 Å². The highest BCUT2D eigenvalue weighted by molar-refractivity contribution is 5.06. The lowest BCUT2D eigenvalue weighted by molar-refractivity contribution is 0.0881. The summed E-state index contributed by atoms with van der Waals surface area (Å²) in [7, 11) is 0. The first kappa shape index (κ1) is 9.74. The summed E-state index contributed by atoms with van der Waals surface area (Å²) in [6, 6.07) is 1.98. The molecule has 0 amide bonds. The van der Waals surface area contributed by atoms with E-state index in [1.165, 1.54) is 5.56 Å². The number of hydrogen-bond acceptors (Lipinski definition) is 3. The maximum atomic E-state index is 5.55. The normalized spacial score (nSPS) is 32.3. The zero-order chi connectivity index (χ0) is 10.0. The second-order valence-corrected chi connectivity index (χ2v) is 4.17. The van der Waals surface area contributed by atoms with Gasteiger partial charge in [0.05, 0.1) is 18.6 Å². The number of nitrogens with one attached hydrogen (secondary N) is 1. The number of ether oxygens (including phenoxy) is 1. The van der Waals surface area contributed by atoms with Gasteiger partial charge in [-0.15, -0.1) is 0 Å². The maximum Gasteiger partial charge on any atom is 0.0947 e. The highest BCUT2D eigenvalue weighted by Crippen LogP contribution is 2.25. The van der Waals surface area contributed by atoms with Crippen molar-refractivity contribution in [2.24, 2.45) is 0 Å². The Hall–Kier alpha value is -0.800. The van der Waals surface area contributed by atoms with Gasteiger partial charge in [-0.25, -0.2) is 0 Å². The molecule has 1 N–H and O–H groups in total. The zero-order valence-electron chi connectivity index (χ0n) is 8.75. The Morgan fingerprint density at radius 1 is 1.64 bits per heavy atom. The van der Waals surface area contributed by atoms with Gasteiger partial charge in [-0.3, -0.25) is 0 Å². The average Bonchev–Trinajstić information content (AvgIpc) is 2.75. The molecular weight excluding hydrogens is 178 g/mol. The van der Waals surface area contributed by atoms with Gasteiger partial charge >= 0.3 is 0 Å². The van der Waals surface area contributed by atoms with E-state index in [1.807, 2.05) is 6.07 Å². The molecule has 1 saturated heterocycles. The second kappa shape index (κ2) is 3.75. The molecule has 1 fully saturated rings. The van der Waals surface area contributed by atoms with Crippen LogP contribution in [0.5, 0.6) is 0 Å². The van der Waals surface area contributed by atoms with Crippen molar-refractivity contribution in [1.82, 2.24) is 5.32 Å². The van der Waals surface area contributed by atoms with Gasteiger partial charge in [-0.2, -0.15) is 0 Å². The van der Waals surface area contributed by atoms with E-state index in [4.69, 9.17) is 9.15 Å². The van der Waals surface area contributed by atoms with E-state index in [1.54, 1.807) is 12.5 Å². The summed E-state index contributed by atoms with van der Waals surface area (Å²) in [4.78, 5) is 0.